The quantitative estimate of drug-likeness (QED) is 0.172. The molecule has 3 aliphatic carbocycles. The van der Waals surface area contributed by atoms with Crippen molar-refractivity contribution in [2.24, 2.45) is 5.92 Å². The topological polar surface area (TPSA) is 0 Å². The van der Waals surface area contributed by atoms with Gasteiger partial charge in [-0.1, -0.05) is 129 Å². The van der Waals surface area contributed by atoms with Gasteiger partial charge in [0.2, 0.25) is 0 Å². The van der Waals surface area contributed by atoms with Gasteiger partial charge in [-0.3, -0.25) is 0 Å². The smallest absolute Gasteiger partial charge is 0.0358 e. The van der Waals surface area contributed by atoms with Gasteiger partial charge in [0.05, 0.1) is 0 Å². The van der Waals surface area contributed by atoms with E-state index in [4.69, 9.17) is 0 Å². The van der Waals surface area contributed by atoms with Gasteiger partial charge in [-0.25, -0.2) is 0 Å². The highest BCUT2D eigenvalue weighted by molar-refractivity contribution is 7.25. The molecule has 1 heterocycles. The molecule has 7 aromatic rings. The fourth-order valence-electron chi connectivity index (χ4n) is 8.56. The number of thiophene rings is 1. The summed E-state index contributed by atoms with van der Waals surface area (Å²) in [5, 5.41) is 8.05. The Morgan fingerprint density at radius 1 is 0.587 bits per heavy atom. The normalized spacial score (nSPS) is 17.7. The first kappa shape index (κ1) is 26.3. The van der Waals surface area contributed by atoms with Gasteiger partial charge in [0.1, 0.15) is 0 Å². The molecule has 10 rings (SSSR count). The summed E-state index contributed by atoms with van der Waals surface area (Å²) in [6.07, 6.45) is 14.7. The summed E-state index contributed by atoms with van der Waals surface area (Å²) in [4.78, 5) is 0. The zero-order valence-electron chi connectivity index (χ0n) is 26.0. The van der Waals surface area contributed by atoms with Gasteiger partial charge >= 0.3 is 0 Å². The van der Waals surface area contributed by atoms with E-state index in [0.717, 1.165) is 6.42 Å². The van der Waals surface area contributed by atoms with Gasteiger partial charge in [-0.05, 0) is 102 Å². The SMILES string of the molecule is CC1(C)c2ccc(-c3c4ccccc4c(C4=CC=C5C=CC=CC5C4)c4ccccc34)cc2-c2cc3c(cc21)sc1ccccc13. The van der Waals surface area contributed by atoms with Gasteiger partial charge in [0.25, 0.3) is 0 Å². The average molecular weight is 605 g/mol. The minimum absolute atomic E-state index is 0.0515. The molecule has 0 N–H and O–H groups in total. The van der Waals surface area contributed by atoms with Crippen molar-refractivity contribution in [3.63, 3.8) is 0 Å². The van der Waals surface area contributed by atoms with Crippen LogP contribution in [0.15, 0.2) is 145 Å². The molecular formula is C45H32S. The minimum Gasteiger partial charge on any atom is -0.135 e. The highest BCUT2D eigenvalue weighted by Gasteiger charge is 2.36. The maximum absolute atomic E-state index is 2.49. The summed E-state index contributed by atoms with van der Waals surface area (Å²) < 4.78 is 2.74. The maximum Gasteiger partial charge on any atom is 0.0358 e. The standard InChI is InChI=1S/C45H32S/c1-45(2)39-22-21-30(24-36(39)37-25-38-31-13-9-10-18-41(31)46-42(38)26-40(37)45)44-34-16-7-5-14-32(34)43(33-15-6-8-17-35(33)44)29-20-19-27-11-3-4-12-28(27)23-29/h3-22,24-26,28H,23H2,1-2H3. The number of benzene rings is 6. The second-order valence-corrected chi connectivity index (χ2v) is 14.7. The van der Waals surface area contributed by atoms with E-state index in [1.165, 1.54) is 91.8 Å². The van der Waals surface area contributed by atoms with Gasteiger partial charge < -0.3 is 0 Å². The lowest BCUT2D eigenvalue weighted by Gasteiger charge is -2.25. The summed E-state index contributed by atoms with van der Waals surface area (Å²) in [7, 11) is 0. The fraction of sp³-hybridized carbons (Fsp3) is 0.111. The van der Waals surface area contributed by atoms with Crippen molar-refractivity contribution >= 4 is 58.6 Å². The van der Waals surface area contributed by atoms with Crippen molar-refractivity contribution in [3.05, 3.63) is 162 Å². The maximum atomic E-state index is 2.49. The zero-order chi connectivity index (χ0) is 30.6. The van der Waals surface area contributed by atoms with E-state index in [0.29, 0.717) is 5.92 Å². The Morgan fingerprint density at radius 3 is 2.02 bits per heavy atom. The lowest BCUT2D eigenvalue weighted by molar-refractivity contribution is 0.661. The molecule has 218 valence electrons. The lowest BCUT2D eigenvalue weighted by Crippen LogP contribution is -2.14. The molecule has 0 spiro atoms. The minimum atomic E-state index is -0.0515. The van der Waals surface area contributed by atoms with Crippen LogP contribution in [-0.2, 0) is 5.41 Å². The molecule has 6 aromatic carbocycles. The molecule has 1 atom stereocenters. The number of rotatable bonds is 2. The molecule has 3 aliphatic rings. The van der Waals surface area contributed by atoms with E-state index in [1.807, 2.05) is 11.3 Å². The molecule has 0 amide bonds. The molecule has 0 fully saturated rings. The van der Waals surface area contributed by atoms with Gasteiger partial charge in [-0.2, -0.15) is 0 Å². The first-order valence-corrected chi connectivity index (χ1v) is 17.2. The Hall–Kier alpha value is -4.98. The Morgan fingerprint density at radius 2 is 1.26 bits per heavy atom. The van der Waals surface area contributed by atoms with E-state index >= 15 is 0 Å². The molecule has 0 nitrogen and oxygen atoms in total. The van der Waals surface area contributed by atoms with Crippen LogP contribution >= 0.6 is 11.3 Å². The molecule has 1 heteroatoms. The summed E-state index contributed by atoms with van der Waals surface area (Å²) >= 11 is 1.91. The van der Waals surface area contributed by atoms with Crippen LogP contribution in [0.1, 0.15) is 37.0 Å². The van der Waals surface area contributed by atoms with E-state index in [1.54, 1.807) is 0 Å². The first-order chi connectivity index (χ1) is 22.6. The van der Waals surface area contributed by atoms with Gasteiger partial charge in [0, 0.05) is 31.5 Å². The van der Waals surface area contributed by atoms with Crippen molar-refractivity contribution in [2.45, 2.75) is 25.7 Å². The highest BCUT2D eigenvalue weighted by Crippen LogP contribution is 2.53. The largest absolute Gasteiger partial charge is 0.135 e. The monoisotopic (exact) mass is 604 g/mol. The molecule has 0 saturated carbocycles. The van der Waals surface area contributed by atoms with Crippen molar-refractivity contribution in [3.8, 4) is 22.3 Å². The van der Waals surface area contributed by atoms with Crippen LogP contribution in [0.3, 0.4) is 0 Å². The van der Waals surface area contributed by atoms with Crippen LogP contribution in [0.4, 0.5) is 0 Å². The second-order valence-electron chi connectivity index (χ2n) is 13.6. The van der Waals surface area contributed by atoms with Crippen LogP contribution in [0.5, 0.6) is 0 Å². The number of fused-ring (bicyclic) bond motifs is 9. The third kappa shape index (κ3) is 3.61. The molecular weight excluding hydrogens is 573 g/mol. The third-order valence-electron chi connectivity index (χ3n) is 10.8. The van der Waals surface area contributed by atoms with Crippen molar-refractivity contribution in [1.82, 2.24) is 0 Å². The summed E-state index contributed by atoms with van der Waals surface area (Å²) in [6, 6.07) is 39.2. The zero-order valence-corrected chi connectivity index (χ0v) is 26.8. The molecule has 0 saturated heterocycles. The summed E-state index contributed by atoms with van der Waals surface area (Å²) in [5.41, 5.74) is 12.4. The fourth-order valence-corrected chi connectivity index (χ4v) is 9.69. The second kappa shape index (κ2) is 9.52. The van der Waals surface area contributed by atoms with E-state index in [-0.39, 0.29) is 5.41 Å². The van der Waals surface area contributed by atoms with Gasteiger partial charge in [0.15, 0.2) is 0 Å². The van der Waals surface area contributed by atoms with Crippen LogP contribution in [-0.4, -0.2) is 0 Å². The Labute approximate surface area is 273 Å². The molecule has 1 aromatic heterocycles. The predicted octanol–water partition coefficient (Wildman–Crippen LogP) is 12.8. The van der Waals surface area contributed by atoms with E-state index in [2.05, 4.69) is 153 Å². The van der Waals surface area contributed by atoms with E-state index in [9.17, 15) is 0 Å². The Balaban J connectivity index is 1.23. The summed E-state index contributed by atoms with van der Waals surface area (Å²) in [6.45, 7) is 4.79. The Kier molecular flexibility index (Phi) is 5.43. The number of hydrogen-bond acceptors (Lipinski definition) is 1. The molecule has 1 unspecified atom stereocenters. The van der Waals surface area contributed by atoms with E-state index < -0.39 is 0 Å². The highest BCUT2D eigenvalue weighted by atomic mass is 32.1. The number of allylic oxidation sites excluding steroid dienone is 8. The average Bonchev–Trinajstić information content (AvgIpc) is 3.57. The third-order valence-corrected chi connectivity index (χ3v) is 11.9. The number of hydrogen-bond donors (Lipinski definition) is 0. The summed E-state index contributed by atoms with van der Waals surface area (Å²) in [5.74, 6) is 0.439. The van der Waals surface area contributed by atoms with Crippen LogP contribution in [0.2, 0.25) is 0 Å². The van der Waals surface area contributed by atoms with Crippen LogP contribution in [0.25, 0.3) is 69.5 Å². The van der Waals surface area contributed by atoms with Crippen molar-refractivity contribution in [1.29, 1.82) is 0 Å². The molecule has 0 bridgehead atoms. The van der Waals surface area contributed by atoms with Crippen LogP contribution < -0.4 is 0 Å². The molecule has 0 aliphatic heterocycles. The first-order valence-electron chi connectivity index (χ1n) is 16.4. The lowest BCUT2D eigenvalue weighted by atomic mass is 9.78. The van der Waals surface area contributed by atoms with Gasteiger partial charge in [-0.15, -0.1) is 11.3 Å². The molecule has 46 heavy (non-hydrogen) atoms. The Bertz CT molecular complexity index is 2520. The van der Waals surface area contributed by atoms with Crippen LogP contribution in [0, 0.1) is 5.92 Å². The molecule has 0 radical (unpaired) electrons. The van der Waals surface area contributed by atoms with Crippen molar-refractivity contribution in [2.75, 3.05) is 0 Å². The predicted molar refractivity (Wildman–Crippen MR) is 200 cm³/mol. The van der Waals surface area contributed by atoms with Crippen molar-refractivity contribution < 1.29 is 0 Å².